The van der Waals surface area contributed by atoms with Gasteiger partial charge >= 0.3 is 0 Å². The topological polar surface area (TPSA) is 72.9 Å². The van der Waals surface area contributed by atoms with Crippen molar-refractivity contribution < 1.29 is 14.7 Å². The fraction of sp³-hybridized carbons (Fsp3) is 0.600. The van der Waals surface area contributed by atoms with E-state index in [2.05, 4.69) is 10.2 Å². The minimum Gasteiger partial charge on any atom is -0.389 e. The van der Waals surface area contributed by atoms with E-state index in [1.54, 1.807) is 11.9 Å². The molecule has 0 spiro atoms. The molecule has 2 fully saturated rings. The van der Waals surface area contributed by atoms with E-state index in [0.717, 1.165) is 31.4 Å². The van der Waals surface area contributed by atoms with Crippen molar-refractivity contribution in [2.75, 3.05) is 26.7 Å². The summed E-state index contributed by atoms with van der Waals surface area (Å²) in [5.41, 5.74) is 1.15. The van der Waals surface area contributed by atoms with Crippen LogP contribution in [0, 0.1) is 0 Å². The largest absolute Gasteiger partial charge is 0.389 e. The van der Waals surface area contributed by atoms with Crippen LogP contribution in [-0.4, -0.2) is 71.6 Å². The third-order valence-corrected chi connectivity index (χ3v) is 5.69. The van der Waals surface area contributed by atoms with Crippen LogP contribution in [-0.2, 0) is 16.0 Å². The predicted molar refractivity (Wildman–Crippen MR) is 99.5 cm³/mol. The van der Waals surface area contributed by atoms with Crippen LogP contribution in [0.3, 0.4) is 0 Å². The maximum absolute atomic E-state index is 12.6. The molecule has 3 rings (SSSR count). The first-order chi connectivity index (χ1) is 12.6. The van der Waals surface area contributed by atoms with Gasteiger partial charge in [0.05, 0.1) is 18.7 Å². The Kier molecular flexibility index (Phi) is 6.27. The first-order valence-corrected chi connectivity index (χ1v) is 9.54. The van der Waals surface area contributed by atoms with Crippen LogP contribution in [0.15, 0.2) is 30.3 Å². The van der Waals surface area contributed by atoms with Crippen molar-refractivity contribution in [2.45, 2.75) is 50.3 Å². The summed E-state index contributed by atoms with van der Waals surface area (Å²) < 4.78 is 0. The Morgan fingerprint density at radius 1 is 1.31 bits per heavy atom. The van der Waals surface area contributed by atoms with Crippen molar-refractivity contribution in [3.8, 4) is 0 Å². The summed E-state index contributed by atoms with van der Waals surface area (Å²) in [6, 6.07) is 9.75. The van der Waals surface area contributed by atoms with Crippen LogP contribution in [0.2, 0.25) is 0 Å². The Labute approximate surface area is 155 Å². The number of hydrogen-bond donors (Lipinski definition) is 2. The van der Waals surface area contributed by atoms with Gasteiger partial charge in [0.15, 0.2) is 0 Å². The number of nitrogens with one attached hydrogen (secondary N) is 1. The molecular formula is C20H29N3O3. The molecule has 1 aliphatic carbocycles. The lowest BCUT2D eigenvalue weighted by atomic mass is 9.85. The molecule has 2 N–H and O–H groups in total. The van der Waals surface area contributed by atoms with E-state index in [-0.39, 0.29) is 23.9 Å². The molecule has 26 heavy (non-hydrogen) atoms. The van der Waals surface area contributed by atoms with Crippen molar-refractivity contribution in [2.24, 2.45) is 0 Å². The number of nitrogens with zero attached hydrogens (tertiary/aromatic N) is 2. The normalized spacial score (nSPS) is 27.0. The fourth-order valence-corrected chi connectivity index (χ4v) is 4.15. The fourth-order valence-electron chi connectivity index (χ4n) is 4.15. The molecule has 1 heterocycles. The zero-order valence-electron chi connectivity index (χ0n) is 15.4. The van der Waals surface area contributed by atoms with E-state index in [1.165, 1.54) is 0 Å². The van der Waals surface area contributed by atoms with Gasteiger partial charge in [-0.05, 0) is 31.2 Å². The van der Waals surface area contributed by atoms with Crippen molar-refractivity contribution in [3.63, 3.8) is 0 Å². The average molecular weight is 359 g/mol. The summed E-state index contributed by atoms with van der Waals surface area (Å²) in [6.07, 6.45) is 3.19. The number of likely N-dealkylation sites (N-methyl/N-ethyl adjacent to an activating group) is 1. The van der Waals surface area contributed by atoms with Gasteiger partial charge in [0.1, 0.15) is 0 Å². The van der Waals surface area contributed by atoms with Crippen molar-refractivity contribution >= 4 is 11.8 Å². The number of carbonyl (C=O) groups is 2. The molecule has 2 amide bonds. The highest BCUT2D eigenvalue weighted by molar-refractivity contribution is 5.78. The molecule has 1 aromatic rings. The number of carbonyl (C=O) groups excluding carboxylic acids is 2. The number of hydrogen-bond acceptors (Lipinski definition) is 4. The Hall–Kier alpha value is -1.92. The van der Waals surface area contributed by atoms with Crippen LogP contribution < -0.4 is 5.32 Å². The number of aryl methyl sites for hydroxylation is 1. The quantitative estimate of drug-likeness (QED) is 0.815. The molecular weight excluding hydrogens is 330 g/mol. The molecule has 0 radical (unpaired) electrons. The highest BCUT2D eigenvalue weighted by Gasteiger charge is 2.39. The average Bonchev–Trinajstić information content (AvgIpc) is 2.66. The minimum atomic E-state index is -0.611. The molecule has 1 aromatic carbocycles. The summed E-state index contributed by atoms with van der Waals surface area (Å²) in [4.78, 5) is 28.1. The lowest BCUT2D eigenvalue weighted by Gasteiger charge is -2.45. The Balaban J connectivity index is 1.58. The molecule has 0 bridgehead atoms. The Morgan fingerprint density at radius 3 is 2.81 bits per heavy atom. The minimum absolute atomic E-state index is 0.0119. The van der Waals surface area contributed by atoms with E-state index in [1.807, 2.05) is 30.3 Å². The van der Waals surface area contributed by atoms with E-state index >= 15 is 0 Å². The first-order valence-electron chi connectivity index (χ1n) is 9.54. The third-order valence-electron chi connectivity index (χ3n) is 5.69. The number of piperazine rings is 1. The van der Waals surface area contributed by atoms with Gasteiger partial charge in [-0.3, -0.25) is 14.5 Å². The van der Waals surface area contributed by atoms with Gasteiger partial charge in [0.2, 0.25) is 11.8 Å². The summed E-state index contributed by atoms with van der Waals surface area (Å²) >= 11 is 0. The molecule has 2 aliphatic rings. The number of aliphatic hydroxyl groups is 1. The van der Waals surface area contributed by atoms with E-state index < -0.39 is 6.10 Å². The van der Waals surface area contributed by atoms with Gasteiger partial charge < -0.3 is 15.3 Å². The lowest BCUT2D eigenvalue weighted by Crippen LogP contribution is -2.61. The van der Waals surface area contributed by atoms with E-state index in [0.29, 0.717) is 25.9 Å². The zero-order valence-corrected chi connectivity index (χ0v) is 15.4. The molecule has 1 aliphatic heterocycles. The summed E-state index contributed by atoms with van der Waals surface area (Å²) in [7, 11) is 1.80. The van der Waals surface area contributed by atoms with Crippen molar-refractivity contribution in [1.82, 2.24) is 15.1 Å². The summed E-state index contributed by atoms with van der Waals surface area (Å²) in [5.74, 6) is 0.0767. The van der Waals surface area contributed by atoms with Crippen LogP contribution in [0.1, 0.15) is 31.2 Å². The van der Waals surface area contributed by atoms with Gasteiger partial charge in [-0.2, -0.15) is 0 Å². The van der Waals surface area contributed by atoms with Crippen LogP contribution >= 0.6 is 0 Å². The molecule has 0 unspecified atom stereocenters. The third kappa shape index (κ3) is 4.43. The Morgan fingerprint density at radius 2 is 2.08 bits per heavy atom. The SMILES string of the molecule is CN(C(=O)CCc1ccccc1)[C@@H]1CCC[C@@H](N2CCNC(=O)C2)[C@@H]1O. The van der Waals surface area contributed by atoms with Crippen LogP contribution in [0.5, 0.6) is 0 Å². The van der Waals surface area contributed by atoms with Crippen molar-refractivity contribution in [3.05, 3.63) is 35.9 Å². The number of aliphatic hydroxyl groups excluding tert-OH is 1. The second-order valence-electron chi connectivity index (χ2n) is 7.37. The summed E-state index contributed by atoms with van der Waals surface area (Å²) in [6.45, 7) is 1.71. The van der Waals surface area contributed by atoms with E-state index in [4.69, 9.17) is 0 Å². The smallest absolute Gasteiger partial charge is 0.234 e. The summed E-state index contributed by atoms with van der Waals surface area (Å²) in [5, 5.41) is 13.7. The van der Waals surface area contributed by atoms with Gasteiger partial charge in [-0.1, -0.05) is 30.3 Å². The highest BCUT2D eigenvalue weighted by atomic mass is 16.3. The zero-order chi connectivity index (χ0) is 18.5. The first kappa shape index (κ1) is 18.9. The van der Waals surface area contributed by atoms with Gasteiger partial charge in [0.25, 0.3) is 0 Å². The molecule has 3 atom stereocenters. The highest BCUT2D eigenvalue weighted by Crippen LogP contribution is 2.27. The maximum Gasteiger partial charge on any atom is 0.234 e. The van der Waals surface area contributed by atoms with Gasteiger partial charge in [-0.25, -0.2) is 0 Å². The number of rotatable bonds is 5. The second kappa shape index (κ2) is 8.64. The molecule has 6 heteroatoms. The van der Waals surface area contributed by atoms with Gasteiger partial charge in [-0.15, -0.1) is 0 Å². The number of benzene rings is 1. The van der Waals surface area contributed by atoms with Crippen LogP contribution in [0.4, 0.5) is 0 Å². The van der Waals surface area contributed by atoms with E-state index in [9.17, 15) is 14.7 Å². The standard InChI is InChI=1S/C20H29N3O3/c1-22(19(25)11-10-15-6-3-2-4-7-15)16-8-5-9-17(20(16)26)23-13-12-21-18(24)14-23/h2-4,6-7,16-17,20,26H,5,8-14H2,1H3,(H,21,24)/t16-,17-,20-/m1/s1. The maximum atomic E-state index is 12.6. The monoisotopic (exact) mass is 359 g/mol. The molecule has 0 aromatic heterocycles. The predicted octanol–water partition coefficient (Wildman–Crippen LogP) is 0.791. The number of amides is 2. The molecule has 6 nitrogen and oxygen atoms in total. The van der Waals surface area contributed by atoms with Crippen LogP contribution in [0.25, 0.3) is 0 Å². The van der Waals surface area contributed by atoms with Gasteiger partial charge in [0, 0.05) is 32.6 Å². The second-order valence-corrected chi connectivity index (χ2v) is 7.37. The lowest BCUT2D eigenvalue weighted by molar-refractivity contribution is -0.139. The van der Waals surface area contributed by atoms with Crippen molar-refractivity contribution in [1.29, 1.82) is 0 Å². The molecule has 1 saturated heterocycles. The molecule has 1 saturated carbocycles. The molecule has 142 valence electrons. The Bertz CT molecular complexity index is 622.